The molecule has 0 aliphatic heterocycles. The lowest BCUT2D eigenvalue weighted by molar-refractivity contribution is 0.0567. The van der Waals surface area contributed by atoms with Crippen LogP contribution in [0.4, 0.5) is 0 Å². The van der Waals surface area contributed by atoms with Crippen molar-refractivity contribution in [2.45, 2.75) is 26.0 Å². The minimum absolute atomic E-state index is 0.418. The molecule has 1 aromatic carbocycles. The van der Waals surface area contributed by atoms with Gasteiger partial charge in [0.05, 0.1) is 6.20 Å². The number of halogens is 1. The van der Waals surface area contributed by atoms with E-state index in [-0.39, 0.29) is 0 Å². The number of hydrogen-bond acceptors (Lipinski definition) is 3. The molecular formula is C14H18ClN3O. The van der Waals surface area contributed by atoms with Gasteiger partial charge in [-0.2, -0.15) is 5.10 Å². The first-order valence-electron chi connectivity index (χ1n) is 6.17. The quantitative estimate of drug-likeness (QED) is 0.787. The molecule has 0 saturated heterocycles. The van der Waals surface area contributed by atoms with Crippen molar-refractivity contribution in [2.24, 2.45) is 0 Å². The highest BCUT2D eigenvalue weighted by molar-refractivity contribution is 6.31. The van der Waals surface area contributed by atoms with Gasteiger partial charge in [-0.15, -0.1) is 0 Å². The number of nitrogens with zero attached hydrogens (tertiary/aromatic N) is 1. The molecule has 2 rings (SSSR count). The van der Waals surface area contributed by atoms with Gasteiger partial charge in [0.1, 0.15) is 5.60 Å². The summed E-state index contributed by atoms with van der Waals surface area (Å²) in [6, 6.07) is 7.35. The molecule has 0 saturated carbocycles. The van der Waals surface area contributed by atoms with E-state index in [4.69, 9.17) is 11.6 Å². The molecule has 102 valence electrons. The third-order valence-corrected chi connectivity index (χ3v) is 3.50. The van der Waals surface area contributed by atoms with Gasteiger partial charge < -0.3 is 10.4 Å². The summed E-state index contributed by atoms with van der Waals surface area (Å²) in [7, 11) is 0. The number of aromatic nitrogens is 2. The topological polar surface area (TPSA) is 60.9 Å². The number of aryl methyl sites for hydroxylation is 1. The Balaban J connectivity index is 1.98. The molecule has 2 aromatic rings. The van der Waals surface area contributed by atoms with E-state index in [1.54, 1.807) is 19.2 Å². The Morgan fingerprint density at radius 2 is 2.16 bits per heavy atom. The summed E-state index contributed by atoms with van der Waals surface area (Å²) in [5.74, 6) is 0. The Kier molecular flexibility index (Phi) is 4.24. The van der Waals surface area contributed by atoms with E-state index in [1.165, 1.54) is 0 Å². The van der Waals surface area contributed by atoms with E-state index in [1.807, 2.05) is 25.1 Å². The fourth-order valence-corrected chi connectivity index (χ4v) is 2.33. The lowest BCUT2D eigenvalue weighted by Crippen LogP contribution is -2.35. The van der Waals surface area contributed by atoms with E-state index < -0.39 is 5.60 Å². The van der Waals surface area contributed by atoms with Crippen LogP contribution in [0.1, 0.15) is 23.7 Å². The molecule has 1 aromatic heterocycles. The van der Waals surface area contributed by atoms with Crippen molar-refractivity contribution in [1.82, 2.24) is 15.5 Å². The van der Waals surface area contributed by atoms with E-state index in [2.05, 4.69) is 15.5 Å². The number of benzene rings is 1. The maximum Gasteiger partial charge on any atom is 0.101 e. The summed E-state index contributed by atoms with van der Waals surface area (Å²) >= 11 is 6.11. The van der Waals surface area contributed by atoms with Crippen LogP contribution in [0, 0.1) is 6.92 Å². The van der Waals surface area contributed by atoms with Crippen LogP contribution in [0.25, 0.3) is 0 Å². The Hall–Kier alpha value is -1.36. The molecule has 0 spiro atoms. The van der Waals surface area contributed by atoms with E-state index in [0.717, 1.165) is 16.8 Å². The number of hydrogen-bond donors (Lipinski definition) is 3. The van der Waals surface area contributed by atoms with Gasteiger partial charge in [0.15, 0.2) is 0 Å². The van der Waals surface area contributed by atoms with Crippen LogP contribution >= 0.6 is 11.6 Å². The standard InChI is InChI=1S/C14H18ClN3O/c1-10-11(8-17-18-10)7-16-9-14(2,19)12-5-3-4-6-13(12)15/h3-6,8,16,19H,7,9H2,1-2H3,(H,17,18)/t14-/m1/s1. The molecule has 1 heterocycles. The lowest BCUT2D eigenvalue weighted by atomic mass is 9.96. The first kappa shape index (κ1) is 14.1. The van der Waals surface area contributed by atoms with Crippen molar-refractivity contribution in [2.75, 3.05) is 6.54 Å². The minimum atomic E-state index is -1.00. The second kappa shape index (κ2) is 5.74. The SMILES string of the molecule is Cc1[nH]ncc1CNC[C@@](C)(O)c1ccccc1Cl. The number of nitrogens with one attached hydrogen (secondary N) is 2. The fourth-order valence-electron chi connectivity index (χ4n) is 1.99. The van der Waals surface area contributed by atoms with Crippen molar-refractivity contribution >= 4 is 11.6 Å². The molecule has 0 aliphatic rings. The number of aliphatic hydroxyl groups is 1. The zero-order valence-electron chi connectivity index (χ0n) is 11.1. The normalized spacial score (nSPS) is 14.3. The number of aromatic amines is 1. The number of rotatable bonds is 5. The highest BCUT2D eigenvalue weighted by Crippen LogP contribution is 2.27. The van der Waals surface area contributed by atoms with E-state index in [0.29, 0.717) is 18.1 Å². The van der Waals surface area contributed by atoms with Crippen LogP contribution < -0.4 is 5.32 Å². The van der Waals surface area contributed by atoms with Crippen molar-refractivity contribution in [3.8, 4) is 0 Å². The molecule has 0 unspecified atom stereocenters. The highest BCUT2D eigenvalue weighted by Gasteiger charge is 2.24. The Labute approximate surface area is 117 Å². The maximum absolute atomic E-state index is 10.5. The minimum Gasteiger partial charge on any atom is -0.384 e. The van der Waals surface area contributed by atoms with Crippen molar-refractivity contribution in [3.05, 3.63) is 52.3 Å². The predicted octanol–water partition coefficient (Wildman–Crippen LogP) is 2.37. The van der Waals surface area contributed by atoms with Gasteiger partial charge in [-0.25, -0.2) is 0 Å². The van der Waals surface area contributed by atoms with Gasteiger partial charge >= 0.3 is 0 Å². The lowest BCUT2D eigenvalue weighted by Gasteiger charge is -2.25. The monoisotopic (exact) mass is 279 g/mol. The maximum atomic E-state index is 10.5. The van der Waals surface area contributed by atoms with Crippen LogP contribution in [0.3, 0.4) is 0 Å². The molecular weight excluding hydrogens is 262 g/mol. The molecule has 4 nitrogen and oxygen atoms in total. The zero-order valence-corrected chi connectivity index (χ0v) is 11.8. The number of H-pyrrole nitrogens is 1. The van der Waals surface area contributed by atoms with Crippen molar-refractivity contribution < 1.29 is 5.11 Å². The largest absolute Gasteiger partial charge is 0.384 e. The Morgan fingerprint density at radius 1 is 1.42 bits per heavy atom. The van der Waals surface area contributed by atoms with Gasteiger partial charge in [-0.1, -0.05) is 29.8 Å². The fraction of sp³-hybridized carbons (Fsp3) is 0.357. The zero-order chi connectivity index (χ0) is 13.9. The first-order valence-corrected chi connectivity index (χ1v) is 6.55. The summed E-state index contributed by atoms with van der Waals surface area (Å²) in [6.45, 7) is 4.80. The Bertz CT molecular complexity index is 551. The molecule has 19 heavy (non-hydrogen) atoms. The van der Waals surface area contributed by atoms with Gasteiger partial charge in [0.2, 0.25) is 0 Å². The molecule has 0 fully saturated rings. The molecule has 1 atom stereocenters. The van der Waals surface area contributed by atoms with Crippen molar-refractivity contribution in [1.29, 1.82) is 0 Å². The van der Waals surface area contributed by atoms with Crippen LogP contribution in [-0.2, 0) is 12.1 Å². The summed E-state index contributed by atoms with van der Waals surface area (Å²) in [6.07, 6.45) is 1.78. The summed E-state index contributed by atoms with van der Waals surface area (Å²) in [5.41, 5.74) is 1.85. The third-order valence-electron chi connectivity index (χ3n) is 3.17. The highest BCUT2D eigenvalue weighted by atomic mass is 35.5. The second-order valence-electron chi connectivity index (χ2n) is 4.88. The van der Waals surface area contributed by atoms with Crippen LogP contribution in [-0.4, -0.2) is 21.8 Å². The summed E-state index contributed by atoms with van der Waals surface area (Å²) < 4.78 is 0. The van der Waals surface area contributed by atoms with Gasteiger partial charge in [-0.05, 0) is 19.9 Å². The molecule has 0 aliphatic carbocycles. The average molecular weight is 280 g/mol. The van der Waals surface area contributed by atoms with Crippen molar-refractivity contribution in [3.63, 3.8) is 0 Å². The smallest absolute Gasteiger partial charge is 0.101 e. The second-order valence-corrected chi connectivity index (χ2v) is 5.28. The predicted molar refractivity (Wildman–Crippen MR) is 76.1 cm³/mol. The van der Waals surface area contributed by atoms with Crippen LogP contribution in [0.15, 0.2) is 30.5 Å². The van der Waals surface area contributed by atoms with Gasteiger partial charge in [0, 0.05) is 34.9 Å². The molecule has 0 radical (unpaired) electrons. The third kappa shape index (κ3) is 3.35. The summed E-state index contributed by atoms with van der Waals surface area (Å²) in [4.78, 5) is 0. The van der Waals surface area contributed by atoms with Gasteiger partial charge in [-0.3, -0.25) is 5.10 Å². The van der Waals surface area contributed by atoms with Crippen LogP contribution in [0.2, 0.25) is 5.02 Å². The first-order chi connectivity index (χ1) is 9.00. The van der Waals surface area contributed by atoms with Crippen LogP contribution in [0.5, 0.6) is 0 Å². The molecule has 3 N–H and O–H groups in total. The van der Waals surface area contributed by atoms with E-state index in [9.17, 15) is 5.11 Å². The molecule has 0 bridgehead atoms. The van der Waals surface area contributed by atoms with E-state index >= 15 is 0 Å². The summed E-state index contributed by atoms with van der Waals surface area (Å²) in [5, 5.41) is 21.1. The average Bonchev–Trinajstić information content (AvgIpc) is 2.75. The molecule has 0 amide bonds. The Morgan fingerprint density at radius 3 is 2.79 bits per heavy atom. The molecule has 5 heteroatoms. The van der Waals surface area contributed by atoms with Gasteiger partial charge in [0.25, 0.3) is 0 Å².